The smallest absolute Gasteiger partial charge is 0.167 e. The SMILES string of the molecule is CC(=O)COc1c(CO)ccc2ccccc12. The molecule has 0 amide bonds. The van der Waals surface area contributed by atoms with Crippen LogP contribution in [0.5, 0.6) is 5.75 Å². The van der Waals surface area contributed by atoms with E-state index in [2.05, 4.69) is 0 Å². The number of aliphatic hydroxyl groups is 1. The molecule has 0 fully saturated rings. The Balaban J connectivity index is 2.50. The number of ether oxygens (including phenoxy) is 1. The maximum absolute atomic E-state index is 11.0. The van der Waals surface area contributed by atoms with Crippen molar-refractivity contribution in [1.29, 1.82) is 0 Å². The summed E-state index contributed by atoms with van der Waals surface area (Å²) in [6, 6.07) is 11.5. The highest BCUT2D eigenvalue weighted by Gasteiger charge is 2.08. The summed E-state index contributed by atoms with van der Waals surface area (Å²) in [5.41, 5.74) is 0.699. The molecule has 2 aromatic rings. The van der Waals surface area contributed by atoms with Crippen LogP contribution in [0.4, 0.5) is 0 Å². The van der Waals surface area contributed by atoms with Crippen molar-refractivity contribution < 1.29 is 14.6 Å². The number of carbonyl (C=O) groups is 1. The van der Waals surface area contributed by atoms with Crippen LogP contribution in [0.3, 0.4) is 0 Å². The molecule has 0 spiro atoms. The van der Waals surface area contributed by atoms with Crippen LogP contribution in [0.2, 0.25) is 0 Å². The van der Waals surface area contributed by atoms with Crippen LogP contribution in [0.25, 0.3) is 10.8 Å². The minimum absolute atomic E-state index is 0.0288. The molecule has 17 heavy (non-hydrogen) atoms. The molecule has 0 unspecified atom stereocenters. The fraction of sp³-hybridized carbons (Fsp3) is 0.214. The van der Waals surface area contributed by atoms with Gasteiger partial charge >= 0.3 is 0 Å². The normalized spacial score (nSPS) is 10.5. The number of hydrogen-bond donors (Lipinski definition) is 1. The summed E-state index contributed by atoms with van der Waals surface area (Å²) in [7, 11) is 0. The first-order chi connectivity index (χ1) is 8.22. The van der Waals surface area contributed by atoms with E-state index in [0.29, 0.717) is 11.3 Å². The lowest BCUT2D eigenvalue weighted by Crippen LogP contribution is -2.08. The van der Waals surface area contributed by atoms with Crippen LogP contribution in [0, 0.1) is 0 Å². The van der Waals surface area contributed by atoms with Crippen molar-refractivity contribution in [3.63, 3.8) is 0 Å². The lowest BCUT2D eigenvalue weighted by molar-refractivity contribution is -0.118. The minimum atomic E-state index is -0.0991. The summed E-state index contributed by atoms with van der Waals surface area (Å²) in [5.74, 6) is 0.558. The monoisotopic (exact) mass is 230 g/mol. The van der Waals surface area contributed by atoms with Gasteiger partial charge in [0.05, 0.1) is 6.61 Å². The van der Waals surface area contributed by atoms with E-state index in [0.717, 1.165) is 10.8 Å². The Hall–Kier alpha value is -1.87. The third-order valence-corrected chi connectivity index (χ3v) is 2.55. The standard InChI is InChI=1S/C14H14O3/c1-10(16)9-17-14-12(8-15)7-6-11-4-2-3-5-13(11)14/h2-7,15H,8-9H2,1H3. The zero-order valence-corrected chi connectivity index (χ0v) is 9.64. The molecular formula is C14H14O3. The Kier molecular flexibility index (Phi) is 3.40. The average molecular weight is 230 g/mol. The largest absolute Gasteiger partial charge is 0.485 e. The maximum atomic E-state index is 11.0. The van der Waals surface area contributed by atoms with Gasteiger partial charge in [0.1, 0.15) is 12.4 Å². The molecule has 1 N–H and O–H groups in total. The Morgan fingerprint density at radius 1 is 1.24 bits per heavy atom. The summed E-state index contributed by atoms with van der Waals surface area (Å²) in [4.78, 5) is 11.0. The van der Waals surface area contributed by atoms with Crippen LogP contribution in [0.1, 0.15) is 12.5 Å². The van der Waals surface area contributed by atoms with Crippen molar-refractivity contribution in [2.24, 2.45) is 0 Å². The molecule has 0 saturated carbocycles. The van der Waals surface area contributed by atoms with Crippen LogP contribution < -0.4 is 4.74 Å². The molecule has 0 saturated heterocycles. The van der Waals surface area contributed by atoms with Crippen molar-refractivity contribution in [3.05, 3.63) is 42.0 Å². The van der Waals surface area contributed by atoms with E-state index >= 15 is 0 Å². The van der Waals surface area contributed by atoms with Gasteiger partial charge in [-0.25, -0.2) is 0 Å². The van der Waals surface area contributed by atoms with Gasteiger partial charge in [0.15, 0.2) is 5.78 Å². The fourth-order valence-corrected chi connectivity index (χ4v) is 1.76. The molecule has 0 aliphatic carbocycles. The van der Waals surface area contributed by atoms with E-state index in [4.69, 9.17) is 4.74 Å². The van der Waals surface area contributed by atoms with E-state index in [1.165, 1.54) is 6.92 Å². The second-order valence-electron chi connectivity index (χ2n) is 3.92. The first-order valence-corrected chi connectivity index (χ1v) is 5.46. The van der Waals surface area contributed by atoms with Gasteiger partial charge in [0.2, 0.25) is 0 Å². The van der Waals surface area contributed by atoms with Gasteiger partial charge in [-0.3, -0.25) is 4.79 Å². The number of carbonyl (C=O) groups excluding carboxylic acids is 1. The van der Waals surface area contributed by atoms with Crippen LogP contribution in [-0.2, 0) is 11.4 Å². The van der Waals surface area contributed by atoms with E-state index < -0.39 is 0 Å². The van der Waals surface area contributed by atoms with Gasteiger partial charge in [-0.2, -0.15) is 0 Å². The van der Waals surface area contributed by atoms with Crippen molar-refractivity contribution in [2.45, 2.75) is 13.5 Å². The molecule has 88 valence electrons. The number of aliphatic hydroxyl groups excluding tert-OH is 1. The average Bonchev–Trinajstić information content (AvgIpc) is 2.35. The number of benzene rings is 2. The van der Waals surface area contributed by atoms with Crippen LogP contribution in [-0.4, -0.2) is 17.5 Å². The van der Waals surface area contributed by atoms with Gasteiger partial charge in [0, 0.05) is 10.9 Å². The first-order valence-electron chi connectivity index (χ1n) is 5.46. The Labute approximate surface area is 99.6 Å². The number of hydrogen-bond acceptors (Lipinski definition) is 3. The predicted octanol–water partition coefficient (Wildman–Crippen LogP) is 2.30. The van der Waals surface area contributed by atoms with E-state index in [-0.39, 0.29) is 19.0 Å². The number of ketones is 1. The second kappa shape index (κ2) is 4.97. The zero-order valence-electron chi connectivity index (χ0n) is 9.64. The van der Waals surface area contributed by atoms with Gasteiger partial charge < -0.3 is 9.84 Å². The Bertz CT molecular complexity index is 546. The summed E-state index contributed by atoms with van der Waals surface area (Å²) in [6.07, 6.45) is 0. The number of fused-ring (bicyclic) bond motifs is 1. The molecule has 2 rings (SSSR count). The molecule has 0 aromatic heterocycles. The summed E-state index contributed by atoms with van der Waals surface area (Å²) in [6.45, 7) is 1.41. The Morgan fingerprint density at radius 3 is 2.71 bits per heavy atom. The van der Waals surface area contributed by atoms with Crippen molar-refractivity contribution in [3.8, 4) is 5.75 Å². The summed E-state index contributed by atoms with van der Waals surface area (Å²) in [5, 5.41) is 11.2. The molecule has 0 aliphatic rings. The lowest BCUT2D eigenvalue weighted by atomic mass is 10.1. The molecule has 0 bridgehead atoms. The van der Waals surface area contributed by atoms with Crippen molar-refractivity contribution in [2.75, 3.05) is 6.61 Å². The first kappa shape index (κ1) is 11.6. The predicted molar refractivity (Wildman–Crippen MR) is 66.0 cm³/mol. The summed E-state index contributed by atoms with van der Waals surface area (Å²) < 4.78 is 5.49. The third kappa shape index (κ3) is 2.45. The molecule has 0 aliphatic heterocycles. The van der Waals surface area contributed by atoms with E-state index in [9.17, 15) is 9.90 Å². The zero-order chi connectivity index (χ0) is 12.3. The molecule has 0 radical (unpaired) electrons. The van der Waals surface area contributed by atoms with Gasteiger partial charge in [-0.15, -0.1) is 0 Å². The fourth-order valence-electron chi connectivity index (χ4n) is 1.76. The highest BCUT2D eigenvalue weighted by molar-refractivity contribution is 5.90. The number of Topliss-reactive ketones (excluding diaryl/α,β-unsaturated/α-hetero) is 1. The van der Waals surface area contributed by atoms with Crippen LogP contribution >= 0.6 is 0 Å². The van der Waals surface area contributed by atoms with Gasteiger partial charge in [-0.05, 0) is 12.3 Å². The quantitative estimate of drug-likeness (QED) is 0.876. The molecule has 3 nitrogen and oxygen atoms in total. The van der Waals surface area contributed by atoms with Crippen LogP contribution in [0.15, 0.2) is 36.4 Å². The summed E-state index contributed by atoms with van der Waals surface area (Å²) >= 11 is 0. The van der Waals surface area contributed by atoms with Crippen molar-refractivity contribution >= 4 is 16.6 Å². The van der Waals surface area contributed by atoms with Crippen molar-refractivity contribution in [1.82, 2.24) is 0 Å². The Morgan fingerprint density at radius 2 is 2.00 bits per heavy atom. The highest BCUT2D eigenvalue weighted by atomic mass is 16.5. The third-order valence-electron chi connectivity index (χ3n) is 2.55. The van der Waals surface area contributed by atoms with E-state index in [1.807, 2.05) is 36.4 Å². The molecular weight excluding hydrogens is 216 g/mol. The number of rotatable bonds is 4. The van der Waals surface area contributed by atoms with Gasteiger partial charge in [0.25, 0.3) is 0 Å². The highest BCUT2D eigenvalue weighted by Crippen LogP contribution is 2.29. The molecule has 0 heterocycles. The second-order valence-corrected chi connectivity index (χ2v) is 3.92. The molecule has 2 aromatic carbocycles. The maximum Gasteiger partial charge on any atom is 0.167 e. The molecule has 0 atom stereocenters. The van der Waals surface area contributed by atoms with E-state index in [1.54, 1.807) is 0 Å². The van der Waals surface area contributed by atoms with Gasteiger partial charge in [-0.1, -0.05) is 36.4 Å². The minimum Gasteiger partial charge on any atom is -0.485 e. The topological polar surface area (TPSA) is 46.5 Å². The molecule has 3 heteroatoms. The lowest BCUT2D eigenvalue weighted by Gasteiger charge is -2.12.